The summed E-state index contributed by atoms with van der Waals surface area (Å²) in [6.45, 7) is 0. The first-order valence-corrected chi connectivity index (χ1v) is 5.40. The summed E-state index contributed by atoms with van der Waals surface area (Å²) in [5, 5.41) is 3.88. The fourth-order valence-corrected chi connectivity index (χ4v) is 0. The Hall–Kier alpha value is 0.220. The van der Waals surface area contributed by atoms with Crippen LogP contribution >= 0.6 is 16.1 Å². The lowest BCUT2D eigenvalue weighted by Crippen LogP contribution is -2.09. The molecule has 0 amide bonds. The minimum absolute atomic E-state index is 1.44. The van der Waals surface area contributed by atoms with Crippen LogP contribution in [0, 0.1) is 0 Å². The van der Waals surface area contributed by atoms with Crippen LogP contribution in [0.1, 0.15) is 0 Å². The molecule has 8 nitrogen and oxygen atoms in total. The summed E-state index contributed by atoms with van der Waals surface area (Å²) in [5.74, 6) is 0. The molecule has 70 valence electrons. The van der Waals surface area contributed by atoms with Crippen molar-refractivity contribution >= 4 is 36.8 Å². The lowest BCUT2D eigenvalue weighted by atomic mass is 13.9. The Kier molecular flexibility index (Phi) is 6.23. The molecule has 0 saturated heterocycles. The molecule has 5 N–H and O–H groups in total. The SMILES string of the molecule is NS(=O)(=O)O.O=S(=O)(O)NBr. The van der Waals surface area contributed by atoms with Crippen molar-refractivity contribution in [3.63, 3.8) is 0 Å². The van der Waals surface area contributed by atoms with Crippen molar-refractivity contribution in [2.24, 2.45) is 5.14 Å². The summed E-state index contributed by atoms with van der Waals surface area (Å²) in [6, 6.07) is 0. The summed E-state index contributed by atoms with van der Waals surface area (Å²) >= 11 is 2.28. The first-order chi connectivity index (χ1) is 4.56. The van der Waals surface area contributed by atoms with E-state index >= 15 is 0 Å². The predicted molar refractivity (Wildman–Crippen MR) is 39.3 cm³/mol. The van der Waals surface area contributed by atoms with Crippen molar-refractivity contribution in [2.75, 3.05) is 0 Å². The second kappa shape index (κ2) is 4.97. The molecule has 0 heterocycles. The Morgan fingerprint density at radius 1 is 1.18 bits per heavy atom. The van der Waals surface area contributed by atoms with Gasteiger partial charge in [-0.2, -0.15) is 16.8 Å². The maximum atomic E-state index is 9.40. The molecule has 0 aromatic heterocycles. The fraction of sp³-hybridized carbons (Fsp3) is 0. The molecule has 0 saturated carbocycles. The maximum Gasteiger partial charge on any atom is 0.343 e. The minimum atomic E-state index is -4.17. The van der Waals surface area contributed by atoms with Crippen molar-refractivity contribution in [2.45, 2.75) is 0 Å². The van der Waals surface area contributed by atoms with Crippen LogP contribution in [0.2, 0.25) is 0 Å². The van der Waals surface area contributed by atoms with Gasteiger partial charge in [0.25, 0.3) is 0 Å². The zero-order chi connectivity index (χ0) is 9.71. The number of nitrogens with one attached hydrogen (secondary N) is 1. The number of rotatable bonds is 1. The zero-order valence-corrected chi connectivity index (χ0v) is 8.02. The number of hydrogen-bond donors (Lipinski definition) is 4. The van der Waals surface area contributed by atoms with Crippen LogP contribution in [0.3, 0.4) is 0 Å². The van der Waals surface area contributed by atoms with Crippen molar-refractivity contribution in [3.05, 3.63) is 0 Å². The van der Waals surface area contributed by atoms with Crippen LogP contribution in [0.4, 0.5) is 0 Å². The Balaban J connectivity index is 0. The van der Waals surface area contributed by atoms with Gasteiger partial charge in [0.1, 0.15) is 0 Å². The molecule has 0 aliphatic rings. The maximum absolute atomic E-state index is 9.40. The molecule has 0 unspecified atom stereocenters. The molecule has 0 aromatic carbocycles. The van der Waals surface area contributed by atoms with Crippen LogP contribution < -0.4 is 8.89 Å². The highest BCUT2D eigenvalue weighted by atomic mass is 79.9. The molecular formula is H5BrN2O6S2. The van der Waals surface area contributed by atoms with Gasteiger partial charge >= 0.3 is 20.6 Å². The quantitative estimate of drug-likeness (QED) is 0.335. The van der Waals surface area contributed by atoms with E-state index in [2.05, 4.69) is 21.3 Å². The Morgan fingerprint density at radius 2 is 1.27 bits per heavy atom. The molecule has 0 bridgehead atoms. The highest BCUT2D eigenvalue weighted by Crippen LogP contribution is 1.74. The summed E-state index contributed by atoms with van der Waals surface area (Å²) in [5.41, 5.74) is 0. The van der Waals surface area contributed by atoms with Gasteiger partial charge < -0.3 is 0 Å². The monoisotopic (exact) mass is 272 g/mol. The van der Waals surface area contributed by atoms with Gasteiger partial charge in [0.15, 0.2) is 0 Å². The van der Waals surface area contributed by atoms with Gasteiger partial charge in [-0.05, 0) is 0 Å². The largest absolute Gasteiger partial charge is 0.343 e. The summed E-state index contributed by atoms with van der Waals surface area (Å²) in [6.07, 6.45) is 0. The Morgan fingerprint density at radius 3 is 1.27 bits per heavy atom. The highest BCUT2D eigenvalue weighted by Gasteiger charge is 1.93. The molecule has 0 radical (unpaired) electrons. The molecule has 0 aromatic rings. The smallest absolute Gasteiger partial charge is 0.274 e. The molecular weight excluding hydrogens is 268 g/mol. The van der Waals surface area contributed by atoms with Gasteiger partial charge in [0.2, 0.25) is 0 Å². The van der Waals surface area contributed by atoms with E-state index < -0.39 is 20.6 Å². The van der Waals surface area contributed by atoms with E-state index in [0.717, 1.165) is 0 Å². The van der Waals surface area contributed by atoms with E-state index in [1.165, 1.54) is 3.75 Å². The van der Waals surface area contributed by atoms with Crippen molar-refractivity contribution in [1.82, 2.24) is 3.75 Å². The third-order valence-electron chi connectivity index (χ3n) is 0.0975. The average Bonchev–Trinajstić information content (AvgIpc) is 1.59. The van der Waals surface area contributed by atoms with Crippen LogP contribution in [-0.4, -0.2) is 25.9 Å². The van der Waals surface area contributed by atoms with Crippen LogP contribution in [-0.2, 0) is 20.6 Å². The van der Waals surface area contributed by atoms with Gasteiger partial charge in [-0.3, -0.25) is 9.11 Å². The van der Waals surface area contributed by atoms with E-state index in [1.807, 2.05) is 0 Å². The van der Waals surface area contributed by atoms with Crippen molar-refractivity contribution in [1.29, 1.82) is 0 Å². The lowest BCUT2D eigenvalue weighted by molar-refractivity contribution is 0.480. The number of nitrogens with two attached hydrogens (primary N) is 1. The summed E-state index contributed by atoms with van der Waals surface area (Å²) in [7, 11) is -8.16. The van der Waals surface area contributed by atoms with E-state index in [0.29, 0.717) is 0 Å². The molecule has 0 aliphatic carbocycles. The molecule has 11 heteroatoms. The molecule has 0 atom stereocenters. The number of halogens is 1. The summed E-state index contributed by atoms with van der Waals surface area (Å²) < 4.78 is 53.1. The fourth-order valence-electron chi connectivity index (χ4n) is 0. The standard InChI is InChI=1S/BrH2NO3S.H3NO3S/c1-2-6(3,4)5;1-5(2,3)4/h2H,(H,3,4,5);(H3,1,2,3,4). The van der Waals surface area contributed by atoms with Gasteiger partial charge in [-0.15, -0.1) is 3.75 Å². The van der Waals surface area contributed by atoms with Crippen LogP contribution in [0.15, 0.2) is 0 Å². The first kappa shape index (κ1) is 13.8. The van der Waals surface area contributed by atoms with Crippen molar-refractivity contribution in [3.8, 4) is 0 Å². The van der Waals surface area contributed by atoms with Gasteiger partial charge in [0.05, 0.1) is 0 Å². The topological polar surface area (TPSA) is 147 Å². The molecule has 0 aliphatic heterocycles. The van der Waals surface area contributed by atoms with Crippen LogP contribution in [0.5, 0.6) is 0 Å². The molecule has 11 heavy (non-hydrogen) atoms. The van der Waals surface area contributed by atoms with E-state index in [4.69, 9.17) is 17.5 Å². The van der Waals surface area contributed by atoms with Gasteiger partial charge in [-0.25, -0.2) is 5.14 Å². The predicted octanol–water partition coefficient (Wildman–Crippen LogP) is -1.56. The second-order valence-electron chi connectivity index (χ2n) is 1.07. The Bertz CT molecular complexity index is 266. The van der Waals surface area contributed by atoms with Gasteiger partial charge in [-0.1, -0.05) is 0 Å². The first-order valence-electron chi connectivity index (χ1n) is 1.66. The third-order valence-corrected chi connectivity index (χ3v) is 1.52. The van der Waals surface area contributed by atoms with E-state index in [-0.39, 0.29) is 0 Å². The van der Waals surface area contributed by atoms with Crippen molar-refractivity contribution < 1.29 is 25.9 Å². The minimum Gasteiger partial charge on any atom is -0.274 e. The highest BCUT2D eigenvalue weighted by molar-refractivity contribution is 9.09. The molecule has 0 fully saturated rings. The normalized spacial score (nSPS) is 11.6. The lowest BCUT2D eigenvalue weighted by Gasteiger charge is -1.81. The van der Waals surface area contributed by atoms with Crippen LogP contribution in [0.25, 0.3) is 0 Å². The average molecular weight is 273 g/mol. The third kappa shape index (κ3) is 66.6. The number of hydrogen-bond acceptors (Lipinski definition) is 4. The zero-order valence-electron chi connectivity index (χ0n) is 4.80. The Labute approximate surface area is 71.9 Å². The molecule has 0 spiro atoms. The van der Waals surface area contributed by atoms with Gasteiger partial charge in [0, 0.05) is 16.1 Å². The second-order valence-corrected chi connectivity index (χ2v) is 4.17. The van der Waals surface area contributed by atoms with E-state index in [1.54, 1.807) is 0 Å². The van der Waals surface area contributed by atoms with E-state index in [9.17, 15) is 8.42 Å². The molecule has 0 rings (SSSR count). The summed E-state index contributed by atoms with van der Waals surface area (Å²) in [4.78, 5) is 0.